The molecule has 0 fully saturated rings. The van der Waals surface area contributed by atoms with E-state index in [4.69, 9.17) is 16.3 Å². The fraction of sp³-hybridized carbons (Fsp3) is 0.136. The zero-order valence-electron chi connectivity index (χ0n) is 15.6. The predicted octanol–water partition coefficient (Wildman–Crippen LogP) is 6.39. The van der Waals surface area contributed by atoms with E-state index in [1.807, 2.05) is 50.2 Å². The van der Waals surface area contributed by atoms with Crippen LogP contribution in [0, 0.1) is 13.8 Å². The van der Waals surface area contributed by atoms with Gasteiger partial charge in [0, 0.05) is 10.7 Å². The maximum atomic E-state index is 12.1. The maximum Gasteiger partial charge on any atom is 0.262 e. The van der Waals surface area contributed by atoms with E-state index in [0.717, 1.165) is 22.5 Å². The number of nitrogens with zero attached hydrogens (tertiary/aromatic N) is 2. The van der Waals surface area contributed by atoms with Crippen LogP contribution in [0.25, 0.3) is 0 Å². The second-order valence-electron chi connectivity index (χ2n) is 6.28. The van der Waals surface area contributed by atoms with E-state index in [0.29, 0.717) is 16.5 Å². The van der Waals surface area contributed by atoms with E-state index in [2.05, 4.69) is 15.5 Å². The predicted molar refractivity (Wildman–Crippen MR) is 112 cm³/mol. The standard InChI is InChI=1S/C22H20ClN3O2/c1-15-5-3-4-6-20(15)25-26-21-12-9-18(13-16(21)2)24-22(27)14-28-19-10-7-17(23)8-11-19/h3-13H,14H2,1-2H3,(H,24,27). The molecule has 0 saturated heterocycles. The van der Waals surface area contributed by atoms with Gasteiger partial charge in [0.2, 0.25) is 0 Å². The highest BCUT2D eigenvalue weighted by atomic mass is 35.5. The minimum absolute atomic E-state index is 0.0879. The Bertz CT molecular complexity index is 1000. The van der Waals surface area contributed by atoms with Gasteiger partial charge in [-0.2, -0.15) is 10.2 Å². The van der Waals surface area contributed by atoms with Crippen molar-refractivity contribution in [3.8, 4) is 5.75 Å². The van der Waals surface area contributed by atoms with Crippen LogP contribution in [0.4, 0.5) is 17.1 Å². The van der Waals surface area contributed by atoms with Crippen LogP contribution >= 0.6 is 11.6 Å². The van der Waals surface area contributed by atoms with E-state index >= 15 is 0 Å². The Labute approximate surface area is 169 Å². The Kier molecular flexibility index (Phi) is 6.40. The lowest BCUT2D eigenvalue weighted by Gasteiger charge is -2.09. The number of rotatable bonds is 6. The molecule has 3 aromatic rings. The molecule has 28 heavy (non-hydrogen) atoms. The third-order valence-corrected chi connectivity index (χ3v) is 4.30. The summed E-state index contributed by atoms with van der Waals surface area (Å²) in [6.07, 6.45) is 0. The lowest BCUT2D eigenvalue weighted by molar-refractivity contribution is -0.118. The fourth-order valence-corrected chi connectivity index (χ4v) is 2.63. The molecule has 0 unspecified atom stereocenters. The van der Waals surface area contributed by atoms with Crippen molar-refractivity contribution in [2.45, 2.75) is 13.8 Å². The monoisotopic (exact) mass is 393 g/mol. The van der Waals surface area contributed by atoms with Gasteiger partial charge in [-0.3, -0.25) is 4.79 Å². The van der Waals surface area contributed by atoms with Gasteiger partial charge in [-0.15, -0.1) is 0 Å². The van der Waals surface area contributed by atoms with Crippen molar-refractivity contribution in [3.05, 3.63) is 82.9 Å². The molecule has 0 aliphatic rings. The molecule has 3 aromatic carbocycles. The number of nitrogens with one attached hydrogen (secondary N) is 1. The first-order valence-corrected chi connectivity index (χ1v) is 9.15. The minimum Gasteiger partial charge on any atom is -0.484 e. The van der Waals surface area contributed by atoms with Crippen LogP contribution < -0.4 is 10.1 Å². The Morgan fingerprint density at radius 1 is 0.929 bits per heavy atom. The summed E-state index contributed by atoms with van der Waals surface area (Å²) in [6, 6.07) is 20.1. The van der Waals surface area contributed by atoms with E-state index in [-0.39, 0.29) is 12.5 Å². The summed E-state index contributed by atoms with van der Waals surface area (Å²) < 4.78 is 5.44. The average molecular weight is 394 g/mol. The third-order valence-electron chi connectivity index (χ3n) is 4.05. The number of carbonyl (C=O) groups excluding carboxylic acids is 1. The van der Waals surface area contributed by atoms with Crippen molar-refractivity contribution in [2.24, 2.45) is 10.2 Å². The third kappa shape index (κ3) is 5.41. The molecule has 0 spiro atoms. The summed E-state index contributed by atoms with van der Waals surface area (Å²) in [6.45, 7) is 3.83. The number of anilines is 1. The molecule has 6 heteroatoms. The molecular formula is C22H20ClN3O2. The van der Waals surface area contributed by atoms with Crippen LogP contribution in [0.5, 0.6) is 5.75 Å². The zero-order valence-corrected chi connectivity index (χ0v) is 16.4. The van der Waals surface area contributed by atoms with Gasteiger partial charge in [0.05, 0.1) is 11.4 Å². The van der Waals surface area contributed by atoms with Gasteiger partial charge in [-0.1, -0.05) is 29.8 Å². The van der Waals surface area contributed by atoms with Crippen molar-refractivity contribution >= 4 is 34.6 Å². The lowest BCUT2D eigenvalue weighted by atomic mass is 10.2. The largest absolute Gasteiger partial charge is 0.484 e. The zero-order chi connectivity index (χ0) is 19.9. The van der Waals surface area contributed by atoms with Crippen LogP contribution in [-0.2, 0) is 4.79 Å². The van der Waals surface area contributed by atoms with E-state index < -0.39 is 0 Å². The number of carbonyl (C=O) groups is 1. The number of ether oxygens (including phenoxy) is 1. The van der Waals surface area contributed by atoms with Crippen molar-refractivity contribution < 1.29 is 9.53 Å². The highest BCUT2D eigenvalue weighted by Crippen LogP contribution is 2.26. The van der Waals surface area contributed by atoms with Gasteiger partial charge >= 0.3 is 0 Å². The smallest absolute Gasteiger partial charge is 0.262 e. The highest BCUT2D eigenvalue weighted by Gasteiger charge is 2.06. The fourth-order valence-electron chi connectivity index (χ4n) is 2.51. The molecule has 1 N–H and O–H groups in total. The lowest BCUT2D eigenvalue weighted by Crippen LogP contribution is -2.20. The molecule has 0 radical (unpaired) electrons. The van der Waals surface area contributed by atoms with Crippen LogP contribution in [0.2, 0.25) is 5.02 Å². The summed E-state index contributed by atoms with van der Waals surface area (Å²) in [5.74, 6) is 0.339. The average Bonchev–Trinajstić information content (AvgIpc) is 2.68. The van der Waals surface area contributed by atoms with Crippen molar-refractivity contribution in [1.29, 1.82) is 0 Å². The van der Waals surface area contributed by atoms with Crippen molar-refractivity contribution in [2.75, 3.05) is 11.9 Å². The number of amides is 1. The number of hydrogen-bond acceptors (Lipinski definition) is 4. The topological polar surface area (TPSA) is 63.0 Å². The molecule has 5 nitrogen and oxygen atoms in total. The Hall–Kier alpha value is -3.18. The molecule has 0 bridgehead atoms. The Morgan fingerprint density at radius 2 is 1.61 bits per heavy atom. The van der Waals surface area contributed by atoms with Crippen LogP contribution in [0.1, 0.15) is 11.1 Å². The molecule has 0 saturated carbocycles. The molecule has 1 amide bonds. The second-order valence-corrected chi connectivity index (χ2v) is 6.71. The molecule has 0 aliphatic heterocycles. The molecular weight excluding hydrogens is 374 g/mol. The highest BCUT2D eigenvalue weighted by molar-refractivity contribution is 6.30. The normalized spacial score (nSPS) is 10.8. The van der Waals surface area contributed by atoms with Crippen molar-refractivity contribution in [3.63, 3.8) is 0 Å². The SMILES string of the molecule is Cc1ccccc1N=Nc1ccc(NC(=O)COc2ccc(Cl)cc2)cc1C. The minimum atomic E-state index is -0.247. The van der Waals surface area contributed by atoms with Gasteiger partial charge < -0.3 is 10.1 Å². The Morgan fingerprint density at radius 3 is 2.29 bits per heavy atom. The van der Waals surface area contributed by atoms with Gasteiger partial charge in [0.15, 0.2) is 6.61 Å². The van der Waals surface area contributed by atoms with Gasteiger partial charge in [0.25, 0.3) is 5.91 Å². The summed E-state index contributed by atoms with van der Waals surface area (Å²) >= 11 is 5.82. The van der Waals surface area contributed by atoms with E-state index in [1.165, 1.54) is 0 Å². The molecule has 0 aliphatic carbocycles. The molecule has 142 valence electrons. The van der Waals surface area contributed by atoms with Crippen LogP contribution in [-0.4, -0.2) is 12.5 Å². The van der Waals surface area contributed by atoms with E-state index in [1.54, 1.807) is 30.3 Å². The molecule has 0 atom stereocenters. The summed E-state index contributed by atoms with van der Waals surface area (Å²) in [5, 5.41) is 12.1. The maximum absolute atomic E-state index is 12.1. The van der Waals surface area contributed by atoms with Gasteiger partial charge in [0.1, 0.15) is 5.75 Å². The van der Waals surface area contributed by atoms with Gasteiger partial charge in [-0.25, -0.2) is 0 Å². The van der Waals surface area contributed by atoms with Crippen LogP contribution in [0.3, 0.4) is 0 Å². The first-order valence-electron chi connectivity index (χ1n) is 8.77. The number of benzene rings is 3. The number of aryl methyl sites for hydroxylation is 2. The number of azo groups is 1. The molecule has 0 heterocycles. The summed E-state index contributed by atoms with van der Waals surface area (Å²) in [4.78, 5) is 12.1. The number of halogens is 1. The molecule has 3 rings (SSSR count). The number of hydrogen-bond donors (Lipinski definition) is 1. The van der Waals surface area contributed by atoms with E-state index in [9.17, 15) is 4.79 Å². The second kappa shape index (κ2) is 9.15. The van der Waals surface area contributed by atoms with Crippen molar-refractivity contribution in [1.82, 2.24) is 0 Å². The first kappa shape index (κ1) is 19.6. The molecule has 0 aromatic heterocycles. The summed E-state index contributed by atoms with van der Waals surface area (Å²) in [7, 11) is 0. The quantitative estimate of drug-likeness (QED) is 0.493. The summed E-state index contributed by atoms with van der Waals surface area (Å²) in [5.41, 5.74) is 4.23. The van der Waals surface area contributed by atoms with Crippen LogP contribution in [0.15, 0.2) is 77.0 Å². The Balaban J connectivity index is 1.59. The first-order chi connectivity index (χ1) is 13.5. The van der Waals surface area contributed by atoms with Gasteiger partial charge in [-0.05, 0) is 73.5 Å².